The highest BCUT2D eigenvalue weighted by molar-refractivity contribution is 5.75. The molecule has 0 aliphatic rings. The first kappa shape index (κ1) is 23.9. The Morgan fingerprint density at radius 3 is 1.54 bits per heavy atom. The average molecular weight is 345 g/mol. The highest BCUT2D eigenvalue weighted by Gasteiger charge is 2.05. The Hall–Kier alpha value is -0.0538. The molecule has 1 atom stereocenters. The van der Waals surface area contributed by atoms with Crippen LogP contribution in [0.2, 0.25) is 0 Å². The first-order valence-electron chi connectivity index (χ1n) is 10.1. The van der Waals surface area contributed by atoms with Crippen LogP contribution >= 0.6 is 0 Å². The molecule has 24 heavy (non-hydrogen) atoms. The Labute approximate surface area is 166 Å². The van der Waals surface area contributed by atoms with Crippen molar-refractivity contribution in [3.63, 3.8) is 0 Å². The van der Waals surface area contributed by atoms with E-state index in [1.54, 1.807) is 0 Å². The standard InChI is InChI=1S/C22H38O.Mg.2H/c1-2-3-4-5-6-7-8-9-10-11-12-13-17-20-22(23)21-18-15-14-16-19-21;;;/h14-16,18-19,22-23H,2-13,17,20H2,1H3;;;. The predicted octanol–water partition coefficient (Wildman–Crippen LogP) is 6.29. The van der Waals surface area contributed by atoms with Crippen molar-refractivity contribution in [2.24, 2.45) is 0 Å². The molecule has 0 heterocycles. The largest absolute Gasteiger partial charge is 0.388 e. The predicted molar refractivity (Wildman–Crippen MR) is 110 cm³/mol. The fourth-order valence-corrected chi connectivity index (χ4v) is 3.20. The molecular weight excluding hydrogens is 305 g/mol. The van der Waals surface area contributed by atoms with Crippen molar-refractivity contribution < 1.29 is 5.11 Å². The Balaban J connectivity index is 0.00000529. The highest BCUT2D eigenvalue weighted by Crippen LogP contribution is 2.20. The molecule has 0 aliphatic heterocycles. The first-order chi connectivity index (χ1) is 11.3. The van der Waals surface area contributed by atoms with E-state index in [4.69, 9.17) is 0 Å². The lowest BCUT2D eigenvalue weighted by atomic mass is 10.0. The number of unbranched alkanes of at least 4 members (excludes halogenated alkanes) is 12. The van der Waals surface area contributed by atoms with E-state index in [0.717, 1.165) is 18.4 Å². The lowest BCUT2D eigenvalue weighted by Gasteiger charge is -2.10. The van der Waals surface area contributed by atoms with Crippen LogP contribution in [-0.4, -0.2) is 28.2 Å². The number of hydrogen-bond donors (Lipinski definition) is 1. The van der Waals surface area contributed by atoms with Crippen LogP contribution in [0.25, 0.3) is 0 Å². The molecule has 2 heteroatoms. The minimum atomic E-state index is -0.274. The molecule has 0 spiro atoms. The van der Waals surface area contributed by atoms with Crippen LogP contribution in [0.5, 0.6) is 0 Å². The van der Waals surface area contributed by atoms with Gasteiger partial charge in [-0.05, 0) is 12.0 Å². The monoisotopic (exact) mass is 344 g/mol. The topological polar surface area (TPSA) is 20.2 Å². The molecule has 0 aliphatic carbocycles. The van der Waals surface area contributed by atoms with Gasteiger partial charge in [0.1, 0.15) is 0 Å². The maximum absolute atomic E-state index is 10.1. The van der Waals surface area contributed by atoms with Crippen molar-refractivity contribution in [3.8, 4) is 0 Å². The molecule has 0 saturated carbocycles. The van der Waals surface area contributed by atoms with Gasteiger partial charge in [0.2, 0.25) is 0 Å². The van der Waals surface area contributed by atoms with Crippen molar-refractivity contribution in [1.82, 2.24) is 0 Å². The maximum Gasteiger partial charge on any atom is 0.316 e. The molecule has 0 aromatic heterocycles. The molecule has 1 nitrogen and oxygen atoms in total. The summed E-state index contributed by atoms with van der Waals surface area (Å²) in [6.45, 7) is 2.28. The summed E-state index contributed by atoms with van der Waals surface area (Å²) in [7, 11) is 0. The van der Waals surface area contributed by atoms with Gasteiger partial charge in [0.25, 0.3) is 0 Å². The van der Waals surface area contributed by atoms with Crippen LogP contribution in [0.1, 0.15) is 108 Å². The second kappa shape index (κ2) is 17.8. The smallest absolute Gasteiger partial charge is 0.316 e. The van der Waals surface area contributed by atoms with Gasteiger partial charge in [0.15, 0.2) is 0 Å². The van der Waals surface area contributed by atoms with Gasteiger partial charge in [-0.1, -0.05) is 121 Å². The zero-order chi connectivity index (χ0) is 16.6. The van der Waals surface area contributed by atoms with Crippen molar-refractivity contribution in [1.29, 1.82) is 0 Å². The average Bonchev–Trinajstić information content (AvgIpc) is 2.59. The van der Waals surface area contributed by atoms with E-state index in [0.29, 0.717) is 0 Å². The summed E-state index contributed by atoms with van der Waals surface area (Å²) in [6, 6.07) is 10.0. The summed E-state index contributed by atoms with van der Waals surface area (Å²) >= 11 is 0. The van der Waals surface area contributed by atoms with Crippen LogP contribution in [0.15, 0.2) is 30.3 Å². The van der Waals surface area contributed by atoms with Gasteiger partial charge in [-0.2, -0.15) is 0 Å². The summed E-state index contributed by atoms with van der Waals surface area (Å²) in [5, 5.41) is 10.1. The molecule has 0 radical (unpaired) electrons. The van der Waals surface area contributed by atoms with E-state index >= 15 is 0 Å². The summed E-state index contributed by atoms with van der Waals surface area (Å²) < 4.78 is 0. The van der Waals surface area contributed by atoms with E-state index in [1.165, 1.54) is 77.0 Å². The van der Waals surface area contributed by atoms with E-state index in [9.17, 15) is 5.11 Å². The normalized spacial score (nSPS) is 11.9. The minimum absolute atomic E-state index is 0. The lowest BCUT2D eigenvalue weighted by molar-refractivity contribution is 0.163. The molecular formula is C22H40MgO. The van der Waals surface area contributed by atoms with Crippen LogP contribution in [0, 0.1) is 0 Å². The Kier molecular flexibility index (Phi) is 17.7. The molecule has 0 fully saturated rings. The van der Waals surface area contributed by atoms with Gasteiger partial charge in [-0.3, -0.25) is 0 Å². The Bertz CT molecular complexity index is 352. The van der Waals surface area contributed by atoms with Crippen LogP contribution < -0.4 is 0 Å². The number of benzene rings is 1. The number of aliphatic hydroxyl groups excluding tert-OH is 1. The summed E-state index contributed by atoms with van der Waals surface area (Å²) in [5.74, 6) is 0. The number of rotatable bonds is 15. The highest BCUT2D eigenvalue weighted by atomic mass is 24.3. The molecule has 0 saturated heterocycles. The van der Waals surface area contributed by atoms with Gasteiger partial charge >= 0.3 is 23.1 Å². The van der Waals surface area contributed by atoms with Crippen LogP contribution in [-0.2, 0) is 0 Å². The Morgan fingerprint density at radius 1 is 0.667 bits per heavy atom. The third-order valence-corrected chi connectivity index (χ3v) is 4.77. The van der Waals surface area contributed by atoms with Gasteiger partial charge in [0.05, 0.1) is 6.10 Å². The molecule has 0 amide bonds. The first-order valence-corrected chi connectivity index (χ1v) is 10.1. The molecule has 136 valence electrons. The SMILES string of the molecule is CCCCCCCCCCCCCCCC(O)c1ccccc1.[MgH2]. The van der Waals surface area contributed by atoms with Crippen LogP contribution in [0.3, 0.4) is 0 Å². The molecule has 1 rings (SSSR count). The van der Waals surface area contributed by atoms with Crippen molar-refractivity contribution in [2.75, 3.05) is 0 Å². The molecule has 1 N–H and O–H groups in total. The quantitative estimate of drug-likeness (QED) is 0.293. The second-order valence-corrected chi connectivity index (χ2v) is 6.96. The molecule has 1 unspecified atom stereocenters. The summed E-state index contributed by atoms with van der Waals surface area (Å²) in [5.41, 5.74) is 1.06. The van der Waals surface area contributed by atoms with E-state index in [-0.39, 0.29) is 29.2 Å². The van der Waals surface area contributed by atoms with Gasteiger partial charge < -0.3 is 5.11 Å². The van der Waals surface area contributed by atoms with Crippen molar-refractivity contribution >= 4 is 23.1 Å². The van der Waals surface area contributed by atoms with Gasteiger partial charge in [-0.25, -0.2) is 0 Å². The van der Waals surface area contributed by atoms with E-state index in [2.05, 4.69) is 6.92 Å². The van der Waals surface area contributed by atoms with Gasteiger partial charge in [-0.15, -0.1) is 0 Å². The maximum atomic E-state index is 10.1. The zero-order valence-electron chi connectivity index (χ0n) is 15.3. The van der Waals surface area contributed by atoms with Crippen molar-refractivity contribution in [3.05, 3.63) is 35.9 Å². The zero-order valence-corrected chi connectivity index (χ0v) is 15.3. The fraction of sp³-hybridized carbons (Fsp3) is 0.727. The molecule has 0 bridgehead atoms. The van der Waals surface area contributed by atoms with E-state index < -0.39 is 0 Å². The molecule has 1 aromatic carbocycles. The fourth-order valence-electron chi connectivity index (χ4n) is 3.20. The third kappa shape index (κ3) is 13.3. The lowest BCUT2D eigenvalue weighted by Crippen LogP contribution is -1.96. The number of hydrogen-bond acceptors (Lipinski definition) is 1. The van der Waals surface area contributed by atoms with Gasteiger partial charge in [0, 0.05) is 0 Å². The summed E-state index contributed by atoms with van der Waals surface area (Å²) in [6.07, 6.45) is 18.5. The summed E-state index contributed by atoms with van der Waals surface area (Å²) in [4.78, 5) is 0. The Morgan fingerprint density at radius 2 is 1.08 bits per heavy atom. The second-order valence-electron chi connectivity index (χ2n) is 6.96. The van der Waals surface area contributed by atoms with E-state index in [1.807, 2.05) is 30.3 Å². The third-order valence-electron chi connectivity index (χ3n) is 4.77. The minimum Gasteiger partial charge on any atom is -0.388 e. The molecule has 1 aromatic rings. The van der Waals surface area contributed by atoms with Crippen LogP contribution in [0.4, 0.5) is 0 Å². The van der Waals surface area contributed by atoms with Crippen molar-refractivity contribution in [2.45, 2.75) is 103 Å². The number of aliphatic hydroxyl groups is 1.